The van der Waals surface area contributed by atoms with Gasteiger partial charge in [-0.3, -0.25) is 0 Å². The Morgan fingerprint density at radius 2 is 2.00 bits per heavy atom. The van der Waals surface area contributed by atoms with Gasteiger partial charge in [0, 0.05) is 37.7 Å². The van der Waals surface area contributed by atoms with Crippen LogP contribution in [0.2, 0.25) is 0 Å². The van der Waals surface area contributed by atoms with Crippen LogP contribution < -0.4 is 10.2 Å². The van der Waals surface area contributed by atoms with Gasteiger partial charge in [0.05, 0.1) is 5.69 Å². The van der Waals surface area contributed by atoms with E-state index in [9.17, 15) is 0 Å². The highest BCUT2D eigenvalue weighted by Crippen LogP contribution is 2.28. The summed E-state index contributed by atoms with van der Waals surface area (Å²) < 4.78 is 2.23. The zero-order valence-corrected chi connectivity index (χ0v) is 11.9. The van der Waals surface area contributed by atoms with E-state index in [1.54, 1.807) is 0 Å². The van der Waals surface area contributed by atoms with Crippen LogP contribution in [0.5, 0.6) is 0 Å². The number of hydrogen-bond acceptors (Lipinski definition) is 2. The zero-order chi connectivity index (χ0) is 13.2. The minimum absolute atomic E-state index is 0.824. The summed E-state index contributed by atoms with van der Waals surface area (Å²) in [5, 5.41) is 4.80. The molecular formula is C16H23N3. The molecular weight excluding hydrogens is 234 g/mol. The maximum Gasteiger partial charge on any atom is 0.0623 e. The number of benzene rings is 1. The Morgan fingerprint density at radius 3 is 2.79 bits per heavy atom. The van der Waals surface area contributed by atoms with E-state index in [1.807, 2.05) is 0 Å². The monoisotopic (exact) mass is 257 g/mol. The number of hydrogen-bond donors (Lipinski definition) is 1. The molecule has 0 aliphatic carbocycles. The molecule has 1 aliphatic heterocycles. The summed E-state index contributed by atoms with van der Waals surface area (Å²) in [6, 6.07) is 8.66. The van der Waals surface area contributed by atoms with Crippen molar-refractivity contribution in [3.8, 4) is 0 Å². The first-order valence-electron chi connectivity index (χ1n) is 7.21. The fourth-order valence-electron chi connectivity index (χ4n) is 3.17. The van der Waals surface area contributed by atoms with Gasteiger partial charge in [0.2, 0.25) is 0 Å². The molecule has 19 heavy (non-hydrogen) atoms. The first-order valence-corrected chi connectivity index (χ1v) is 7.21. The lowest BCUT2D eigenvalue weighted by Crippen LogP contribution is -2.34. The molecule has 3 nitrogen and oxygen atoms in total. The van der Waals surface area contributed by atoms with Crippen LogP contribution >= 0.6 is 0 Å². The molecule has 0 bridgehead atoms. The van der Waals surface area contributed by atoms with Crippen LogP contribution in [-0.2, 0) is 7.05 Å². The fraction of sp³-hybridized carbons (Fsp3) is 0.500. The summed E-state index contributed by atoms with van der Waals surface area (Å²) in [7, 11) is 4.36. The maximum absolute atomic E-state index is 3.44. The van der Waals surface area contributed by atoms with Crippen LogP contribution in [-0.4, -0.2) is 31.2 Å². The van der Waals surface area contributed by atoms with Crippen molar-refractivity contribution in [3.05, 3.63) is 30.5 Å². The van der Waals surface area contributed by atoms with Crippen molar-refractivity contribution >= 4 is 16.6 Å². The second-order valence-electron chi connectivity index (χ2n) is 5.72. The molecule has 102 valence electrons. The number of anilines is 1. The Kier molecular flexibility index (Phi) is 3.47. The van der Waals surface area contributed by atoms with E-state index in [0.29, 0.717) is 0 Å². The van der Waals surface area contributed by atoms with E-state index in [1.165, 1.54) is 42.5 Å². The molecule has 1 fully saturated rings. The molecule has 0 radical (unpaired) electrons. The quantitative estimate of drug-likeness (QED) is 0.912. The molecule has 0 saturated carbocycles. The molecule has 0 atom stereocenters. The molecule has 2 heterocycles. The van der Waals surface area contributed by atoms with Gasteiger partial charge in [0.1, 0.15) is 0 Å². The van der Waals surface area contributed by atoms with Gasteiger partial charge < -0.3 is 14.8 Å². The van der Waals surface area contributed by atoms with E-state index >= 15 is 0 Å². The molecule has 1 aromatic heterocycles. The molecule has 0 unspecified atom stereocenters. The molecule has 3 heteroatoms. The number of nitrogens with one attached hydrogen (secondary N) is 1. The van der Waals surface area contributed by atoms with Gasteiger partial charge in [0.15, 0.2) is 0 Å². The first kappa shape index (κ1) is 12.5. The van der Waals surface area contributed by atoms with Gasteiger partial charge >= 0.3 is 0 Å². The molecule has 1 N–H and O–H groups in total. The molecule has 3 rings (SSSR count). The molecule has 1 aliphatic rings. The molecule has 1 aromatic carbocycles. The predicted octanol–water partition coefficient (Wildman–Crippen LogP) is 2.61. The number of nitrogens with zero attached hydrogens (tertiary/aromatic N) is 2. The fourth-order valence-corrected chi connectivity index (χ4v) is 3.17. The van der Waals surface area contributed by atoms with E-state index < -0.39 is 0 Å². The van der Waals surface area contributed by atoms with Crippen LogP contribution in [0.3, 0.4) is 0 Å². The standard InChI is InChI=1S/C16H23N3/c1-18(11-13-7-9-17-10-8-13)16-12-19(2)15-6-4-3-5-14(15)16/h3-6,12-13,17H,7-11H2,1-2H3. The first-order chi connectivity index (χ1) is 9.25. The summed E-state index contributed by atoms with van der Waals surface area (Å²) >= 11 is 0. The highest BCUT2D eigenvalue weighted by atomic mass is 15.1. The summed E-state index contributed by atoms with van der Waals surface area (Å²) in [6.07, 6.45) is 4.86. The number of fused-ring (bicyclic) bond motifs is 1. The van der Waals surface area contributed by atoms with Crippen LogP contribution in [0.1, 0.15) is 12.8 Å². The average molecular weight is 257 g/mol. The summed E-state index contributed by atoms with van der Waals surface area (Å²) in [6.45, 7) is 3.51. The number of aromatic nitrogens is 1. The molecule has 0 amide bonds. The zero-order valence-electron chi connectivity index (χ0n) is 11.9. The van der Waals surface area contributed by atoms with E-state index in [0.717, 1.165) is 12.5 Å². The summed E-state index contributed by atoms with van der Waals surface area (Å²) in [5.74, 6) is 0.824. The second-order valence-corrected chi connectivity index (χ2v) is 5.72. The van der Waals surface area contributed by atoms with Crippen molar-refractivity contribution in [1.82, 2.24) is 9.88 Å². The van der Waals surface area contributed by atoms with E-state index in [2.05, 4.69) is 59.3 Å². The largest absolute Gasteiger partial charge is 0.373 e. The third-order valence-corrected chi connectivity index (χ3v) is 4.28. The molecule has 2 aromatic rings. The third kappa shape index (κ3) is 2.47. The highest BCUT2D eigenvalue weighted by Gasteiger charge is 2.17. The molecule has 1 saturated heterocycles. The Morgan fingerprint density at radius 1 is 1.26 bits per heavy atom. The normalized spacial score (nSPS) is 16.9. The SMILES string of the molecule is CN(CC1CCNCC1)c1cn(C)c2ccccc12. The van der Waals surface area contributed by atoms with Gasteiger partial charge in [0.25, 0.3) is 0 Å². The van der Waals surface area contributed by atoms with Crippen molar-refractivity contribution in [2.45, 2.75) is 12.8 Å². The number of para-hydroxylation sites is 1. The second kappa shape index (κ2) is 5.25. The lowest BCUT2D eigenvalue weighted by molar-refractivity contribution is 0.378. The maximum atomic E-state index is 3.44. The van der Waals surface area contributed by atoms with Gasteiger partial charge in [-0.2, -0.15) is 0 Å². The topological polar surface area (TPSA) is 20.2 Å². The Balaban J connectivity index is 1.82. The average Bonchev–Trinajstić information content (AvgIpc) is 2.78. The summed E-state index contributed by atoms with van der Waals surface area (Å²) in [5.41, 5.74) is 2.67. The minimum Gasteiger partial charge on any atom is -0.373 e. The van der Waals surface area contributed by atoms with Gasteiger partial charge in [-0.05, 0) is 37.9 Å². The van der Waals surface area contributed by atoms with E-state index in [4.69, 9.17) is 0 Å². The van der Waals surface area contributed by atoms with Crippen LogP contribution in [0.25, 0.3) is 10.9 Å². The lowest BCUT2D eigenvalue weighted by Gasteiger charge is -2.28. The van der Waals surface area contributed by atoms with Crippen molar-refractivity contribution in [3.63, 3.8) is 0 Å². The van der Waals surface area contributed by atoms with Crippen LogP contribution in [0.15, 0.2) is 30.5 Å². The van der Waals surface area contributed by atoms with E-state index in [-0.39, 0.29) is 0 Å². The van der Waals surface area contributed by atoms with Gasteiger partial charge in [-0.25, -0.2) is 0 Å². The van der Waals surface area contributed by atoms with Crippen LogP contribution in [0, 0.1) is 5.92 Å². The Bertz CT molecular complexity index is 552. The Hall–Kier alpha value is -1.48. The number of rotatable bonds is 3. The third-order valence-electron chi connectivity index (χ3n) is 4.28. The number of aryl methyl sites for hydroxylation is 1. The number of piperidine rings is 1. The predicted molar refractivity (Wildman–Crippen MR) is 81.8 cm³/mol. The van der Waals surface area contributed by atoms with Gasteiger partial charge in [-0.1, -0.05) is 18.2 Å². The van der Waals surface area contributed by atoms with Crippen molar-refractivity contribution in [2.75, 3.05) is 31.6 Å². The smallest absolute Gasteiger partial charge is 0.0623 e. The van der Waals surface area contributed by atoms with Crippen molar-refractivity contribution in [2.24, 2.45) is 13.0 Å². The summed E-state index contributed by atoms with van der Waals surface area (Å²) in [4.78, 5) is 2.43. The van der Waals surface area contributed by atoms with Crippen molar-refractivity contribution in [1.29, 1.82) is 0 Å². The highest BCUT2D eigenvalue weighted by molar-refractivity contribution is 5.93. The van der Waals surface area contributed by atoms with Crippen LogP contribution in [0.4, 0.5) is 5.69 Å². The molecule has 0 spiro atoms. The lowest BCUT2D eigenvalue weighted by atomic mass is 9.97. The van der Waals surface area contributed by atoms with Crippen molar-refractivity contribution < 1.29 is 0 Å². The van der Waals surface area contributed by atoms with Gasteiger partial charge in [-0.15, -0.1) is 0 Å². The minimum atomic E-state index is 0.824. The Labute approximate surface area is 115 Å².